The average Bonchev–Trinajstić information content (AvgIpc) is 2.64. The summed E-state index contributed by atoms with van der Waals surface area (Å²) in [6.07, 6.45) is 0. The van der Waals surface area contributed by atoms with Crippen molar-refractivity contribution in [2.45, 2.75) is 10.9 Å². The Hall–Kier alpha value is -1.51. The summed E-state index contributed by atoms with van der Waals surface area (Å²) in [4.78, 5) is 2.25. The van der Waals surface area contributed by atoms with Gasteiger partial charge in [-0.1, -0.05) is 29.8 Å². The second kappa shape index (κ2) is 8.45. The zero-order valence-electron chi connectivity index (χ0n) is 14.1. The van der Waals surface area contributed by atoms with Gasteiger partial charge in [0.1, 0.15) is 5.82 Å². The number of halogens is 2. The average molecular weight is 399 g/mol. The van der Waals surface area contributed by atoms with Gasteiger partial charge in [0, 0.05) is 30.7 Å². The van der Waals surface area contributed by atoms with Crippen molar-refractivity contribution < 1.29 is 17.5 Å². The lowest BCUT2D eigenvalue weighted by molar-refractivity contribution is 0.0172. The number of sulfonamides is 1. The van der Waals surface area contributed by atoms with E-state index in [1.165, 1.54) is 24.3 Å². The van der Waals surface area contributed by atoms with Gasteiger partial charge in [-0.05, 0) is 35.9 Å². The molecule has 0 saturated carbocycles. The van der Waals surface area contributed by atoms with Crippen LogP contribution in [0.1, 0.15) is 11.6 Å². The third kappa shape index (κ3) is 4.81. The highest BCUT2D eigenvalue weighted by Gasteiger charge is 2.25. The minimum atomic E-state index is -3.70. The molecule has 1 unspecified atom stereocenters. The molecule has 26 heavy (non-hydrogen) atoms. The van der Waals surface area contributed by atoms with Gasteiger partial charge in [0.05, 0.1) is 18.1 Å². The largest absolute Gasteiger partial charge is 0.379 e. The van der Waals surface area contributed by atoms with Gasteiger partial charge in [0.25, 0.3) is 0 Å². The standard InChI is InChI=1S/C18H20ClFN2O3S/c19-15-2-1-3-17(12-15)26(23,24)21-13-18(22-8-10-25-11-9-22)14-4-6-16(20)7-5-14/h1-7,12,18,21H,8-11,13H2. The maximum absolute atomic E-state index is 13.3. The Kier molecular flexibility index (Phi) is 6.26. The van der Waals surface area contributed by atoms with E-state index in [0.717, 1.165) is 5.56 Å². The first kappa shape index (κ1) is 19.3. The molecule has 3 rings (SSSR count). The van der Waals surface area contributed by atoms with Crippen molar-refractivity contribution in [3.05, 3.63) is 64.9 Å². The Morgan fingerprint density at radius 1 is 1.15 bits per heavy atom. The number of benzene rings is 2. The Morgan fingerprint density at radius 2 is 1.85 bits per heavy atom. The fraction of sp³-hybridized carbons (Fsp3) is 0.333. The Bertz CT molecular complexity index is 840. The molecule has 1 aliphatic heterocycles. The minimum Gasteiger partial charge on any atom is -0.379 e. The highest BCUT2D eigenvalue weighted by Crippen LogP contribution is 2.23. The van der Waals surface area contributed by atoms with Crippen LogP contribution in [0.25, 0.3) is 0 Å². The zero-order valence-corrected chi connectivity index (χ0v) is 15.6. The van der Waals surface area contributed by atoms with E-state index in [1.807, 2.05) is 0 Å². The van der Waals surface area contributed by atoms with Crippen molar-refractivity contribution in [1.82, 2.24) is 9.62 Å². The summed E-state index contributed by atoms with van der Waals surface area (Å²) in [5.74, 6) is -0.325. The maximum Gasteiger partial charge on any atom is 0.240 e. The summed E-state index contributed by atoms with van der Waals surface area (Å²) >= 11 is 5.90. The Morgan fingerprint density at radius 3 is 2.50 bits per heavy atom. The highest BCUT2D eigenvalue weighted by atomic mass is 35.5. The monoisotopic (exact) mass is 398 g/mol. The highest BCUT2D eigenvalue weighted by molar-refractivity contribution is 7.89. The van der Waals surface area contributed by atoms with Crippen LogP contribution in [0.15, 0.2) is 53.4 Å². The number of nitrogens with one attached hydrogen (secondary N) is 1. The van der Waals surface area contributed by atoms with Crippen LogP contribution in [-0.4, -0.2) is 46.2 Å². The molecular weight excluding hydrogens is 379 g/mol. The van der Waals surface area contributed by atoms with E-state index in [0.29, 0.717) is 31.3 Å². The molecule has 8 heteroatoms. The number of hydrogen-bond acceptors (Lipinski definition) is 4. The molecule has 0 spiro atoms. The zero-order chi connectivity index (χ0) is 18.6. The van der Waals surface area contributed by atoms with Crippen molar-refractivity contribution in [2.75, 3.05) is 32.8 Å². The third-order valence-electron chi connectivity index (χ3n) is 4.31. The predicted molar refractivity (Wildman–Crippen MR) is 98.2 cm³/mol. The molecule has 1 fully saturated rings. The third-order valence-corrected chi connectivity index (χ3v) is 5.97. The SMILES string of the molecule is O=S(=O)(NCC(c1ccc(F)cc1)N1CCOCC1)c1cccc(Cl)c1. The van der Waals surface area contributed by atoms with E-state index in [2.05, 4.69) is 9.62 Å². The predicted octanol–water partition coefficient (Wildman–Crippen LogP) is 2.83. The molecule has 1 N–H and O–H groups in total. The van der Waals surface area contributed by atoms with Crippen LogP contribution < -0.4 is 4.72 Å². The first-order valence-corrected chi connectivity index (χ1v) is 10.1. The first-order chi connectivity index (χ1) is 12.5. The van der Waals surface area contributed by atoms with Crippen LogP contribution in [0.2, 0.25) is 5.02 Å². The van der Waals surface area contributed by atoms with E-state index in [9.17, 15) is 12.8 Å². The van der Waals surface area contributed by atoms with Gasteiger partial charge in [-0.3, -0.25) is 4.90 Å². The number of hydrogen-bond donors (Lipinski definition) is 1. The number of ether oxygens (including phenoxy) is 1. The Labute approximate surface area is 157 Å². The van der Waals surface area contributed by atoms with Gasteiger partial charge in [-0.2, -0.15) is 0 Å². The molecule has 5 nitrogen and oxygen atoms in total. The van der Waals surface area contributed by atoms with E-state index in [1.54, 1.807) is 24.3 Å². The van der Waals surface area contributed by atoms with Crippen LogP contribution >= 0.6 is 11.6 Å². The molecule has 2 aromatic carbocycles. The van der Waals surface area contributed by atoms with Gasteiger partial charge in [-0.25, -0.2) is 17.5 Å². The van der Waals surface area contributed by atoms with Crippen molar-refractivity contribution >= 4 is 21.6 Å². The molecule has 1 saturated heterocycles. The van der Waals surface area contributed by atoms with E-state index >= 15 is 0 Å². The lowest BCUT2D eigenvalue weighted by Gasteiger charge is -2.34. The van der Waals surface area contributed by atoms with E-state index < -0.39 is 10.0 Å². The van der Waals surface area contributed by atoms with Crippen LogP contribution in [0.5, 0.6) is 0 Å². The quantitative estimate of drug-likeness (QED) is 0.812. The van der Waals surface area contributed by atoms with Gasteiger partial charge in [-0.15, -0.1) is 0 Å². The molecule has 0 aromatic heterocycles. The summed E-state index contributed by atoms with van der Waals surface area (Å²) in [5.41, 5.74) is 0.849. The second-order valence-electron chi connectivity index (χ2n) is 6.02. The van der Waals surface area contributed by atoms with Gasteiger partial charge in [0.15, 0.2) is 0 Å². The lowest BCUT2D eigenvalue weighted by atomic mass is 10.0. The fourth-order valence-electron chi connectivity index (χ4n) is 2.94. The van der Waals surface area contributed by atoms with Gasteiger partial charge in [0.2, 0.25) is 10.0 Å². The van der Waals surface area contributed by atoms with Gasteiger partial charge < -0.3 is 4.74 Å². The molecule has 0 amide bonds. The van der Waals surface area contributed by atoms with Crippen molar-refractivity contribution in [3.8, 4) is 0 Å². The fourth-order valence-corrected chi connectivity index (χ4v) is 4.28. The van der Waals surface area contributed by atoms with E-state index in [-0.39, 0.29) is 23.3 Å². The molecule has 1 aliphatic rings. The summed E-state index contributed by atoms with van der Waals surface area (Å²) in [6.45, 7) is 2.69. The van der Waals surface area contributed by atoms with Gasteiger partial charge >= 0.3 is 0 Å². The topological polar surface area (TPSA) is 58.6 Å². The van der Waals surface area contributed by atoms with Crippen LogP contribution in [0.3, 0.4) is 0 Å². The second-order valence-corrected chi connectivity index (χ2v) is 8.23. The molecule has 2 aromatic rings. The Balaban J connectivity index is 1.80. The number of morpholine rings is 1. The molecule has 0 bridgehead atoms. The van der Waals surface area contributed by atoms with Crippen molar-refractivity contribution in [2.24, 2.45) is 0 Å². The number of nitrogens with zero attached hydrogens (tertiary/aromatic N) is 1. The molecule has 0 radical (unpaired) electrons. The van der Waals surface area contributed by atoms with Crippen molar-refractivity contribution in [3.63, 3.8) is 0 Å². The van der Waals surface area contributed by atoms with Crippen LogP contribution in [0, 0.1) is 5.82 Å². The molecular formula is C18H20ClFN2O3S. The molecule has 0 aliphatic carbocycles. The molecule has 1 heterocycles. The van der Waals surface area contributed by atoms with E-state index in [4.69, 9.17) is 16.3 Å². The molecule has 140 valence electrons. The summed E-state index contributed by atoms with van der Waals surface area (Å²) in [5, 5.41) is 0.358. The van der Waals surface area contributed by atoms with Crippen molar-refractivity contribution in [1.29, 1.82) is 0 Å². The maximum atomic E-state index is 13.3. The summed E-state index contributed by atoms with van der Waals surface area (Å²) in [6, 6.07) is 12.0. The normalized spacial score (nSPS) is 17.2. The lowest BCUT2D eigenvalue weighted by Crippen LogP contribution is -2.43. The summed E-state index contributed by atoms with van der Waals surface area (Å²) in [7, 11) is -3.70. The first-order valence-electron chi connectivity index (χ1n) is 8.28. The van der Waals surface area contributed by atoms with Crippen LogP contribution in [-0.2, 0) is 14.8 Å². The minimum absolute atomic E-state index is 0.116. The smallest absolute Gasteiger partial charge is 0.240 e. The number of rotatable bonds is 6. The van der Waals surface area contributed by atoms with Crippen LogP contribution in [0.4, 0.5) is 4.39 Å². The summed E-state index contributed by atoms with van der Waals surface area (Å²) < 4.78 is 46.5. The molecule has 1 atom stereocenters.